The Kier molecular flexibility index (Phi) is 10.7. The summed E-state index contributed by atoms with van der Waals surface area (Å²) in [5, 5.41) is 0. The molecule has 0 spiro atoms. The number of amides is 1. The Bertz CT molecular complexity index is 654. The largest absolute Gasteiger partial charge is 0.469 e. The van der Waals surface area contributed by atoms with Crippen molar-refractivity contribution in [3.63, 3.8) is 0 Å². The van der Waals surface area contributed by atoms with Gasteiger partial charge in [-0.15, -0.1) is 0 Å². The number of rotatable bonds is 10. The van der Waals surface area contributed by atoms with Crippen LogP contribution in [0.15, 0.2) is 24.3 Å². The van der Waals surface area contributed by atoms with Crippen LogP contribution in [0.5, 0.6) is 5.75 Å². The highest BCUT2D eigenvalue weighted by Gasteiger charge is 2.43. The van der Waals surface area contributed by atoms with Crippen molar-refractivity contribution >= 4 is 43.3 Å². The molecule has 2 N–H and O–H groups in total. The Labute approximate surface area is 183 Å². The van der Waals surface area contributed by atoms with Crippen LogP contribution in [0.25, 0.3) is 0 Å². The molecule has 0 atom stereocenters. The number of esters is 1. The van der Waals surface area contributed by atoms with Gasteiger partial charge in [-0.1, -0.05) is 0 Å². The summed E-state index contributed by atoms with van der Waals surface area (Å²) in [6.07, 6.45) is 2.22. The van der Waals surface area contributed by atoms with Crippen LogP contribution in [-0.2, 0) is 19.1 Å². The average molecular weight is 446 g/mol. The maximum Gasteiger partial charge on any atom is 0.305 e. The average Bonchev–Trinajstić information content (AvgIpc) is 2.72. The maximum absolute atomic E-state index is 12.0. The van der Waals surface area contributed by atoms with Crippen molar-refractivity contribution in [2.75, 3.05) is 45.9 Å². The minimum absolute atomic E-state index is 0. The fraction of sp³-hybridized carbons (Fsp3) is 0.579. The summed E-state index contributed by atoms with van der Waals surface area (Å²) in [5.74, 6) is 0.116. The molecule has 1 fully saturated rings. The van der Waals surface area contributed by atoms with E-state index in [1.807, 2.05) is 38.4 Å². The van der Waals surface area contributed by atoms with Crippen molar-refractivity contribution in [1.82, 2.24) is 4.31 Å². The number of nitrogens with two attached hydrogens (primary N) is 1. The second-order valence-electron chi connectivity index (χ2n) is 6.76. The smallest absolute Gasteiger partial charge is 0.305 e. The Hall–Kier alpha value is -1.62. The topological polar surface area (TPSA) is 94.3 Å². The summed E-state index contributed by atoms with van der Waals surface area (Å²) in [5.41, 5.74) is 5.91. The van der Waals surface area contributed by atoms with E-state index in [1.54, 1.807) is 4.31 Å². The van der Waals surface area contributed by atoms with Crippen LogP contribution < -0.4 is 14.8 Å². The number of primary amides is 1. The van der Waals surface area contributed by atoms with Crippen molar-refractivity contribution in [2.24, 2.45) is 5.73 Å². The standard InChI is InChI=1S/C19H29N3O5S.H2S/c1-21(12-4-5-17(23)25-3)15-6-8-16(9-7-15)27-28-22(2)19(18(20)24)10-13-26-14-11-19;/h6-9H,4-5,10-14H2,1-3H3,(H2,20,24);1H2. The van der Waals surface area contributed by atoms with Crippen LogP contribution in [0.1, 0.15) is 25.7 Å². The number of methoxy groups -OCH3 is 1. The first-order chi connectivity index (χ1) is 13.4. The number of nitrogens with zero attached hydrogens (tertiary/aromatic N) is 2. The predicted molar refractivity (Wildman–Crippen MR) is 119 cm³/mol. The Balaban J connectivity index is 0.00000420. The molecule has 1 heterocycles. The number of ether oxygens (including phenoxy) is 2. The highest BCUT2D eigenvalue weighted by atomic mass is 32.2. The molecule has 0 saturated carbocycles. The number of carbonyl (C=O) groups is 2. The van der Waals surface area contributed by atoms with Crippen molar-refractivity contribution in [3.8, 4) is 5.75 Å². The molecule has 10 heteroatoms. The summed E-state index contributed by atoms with van der Waals surface area (Å²) in [6.45, 7) is 1.76. The van der Waals surface area contributed by atoms with E-state index in [0.29, 0.717) is 38.2 Å². The van der Waals surface area contributed by atoms with Gasteiger partial charge in [-0.05, 0) is 43.5 Å². The van der Waals surface area contributed by atoms with Gasteiger partial charge in [0.25, 0.3) is 0 Å². The van der Waals surface area contributed by atoms with Crippen molar-refractivity contribution in [2.45, 2.75) is 31.2 Å². The molecule has 1 aliphatic heterocycles. The van der Waals surface area contributed by atoms with Gasteiger partial charge in [-0.3, -0.25) is 9.59 Å². The van der Waals surface area contributed by atoms with Crippen LogP contribution in [0, 0.1) is 0 Å². The highest BCUT2D eigenvalue weighted by Crippen LogP contribution is 2.33. The van der Waals surface area contributed by atoms with Gasteiger partial charge < -0.3 is 24.3 Å². The molecule has 1 saturated heterocycles. The Morgan fingerprint density at radius 2 is 1.83 bits per heavy atom. The maximum atomic E-state index is 12.0. The zero-order valence-electron chi connectivity index (χ0n) is 17.2. The molecular weight excluding hydrogens is 414 g/mol. The minimum atomic E-state index is -0.761. The molecule has 29 heavy (non-hydrogen) atoms. The molecule has 0 aromatic heterocycles. The highest BCUT2D eigenvalue weighted by molar-refractivity contribution is 7.92. The fourth-order valence-corrected chi connectivity index (χ4v) is 3.77. The van der Waals surface area contributed by atoms with E-state index in [1.165, 1.54) is 7.11 Å². The van der Waals surface area contributed by atoms with Crippen LogP contribution in [0.4, 0.5) is 5.69 Å². The molecular formula is C19H31N3O5S2. The van der Waals surface area contributed by atoms with E-state index in [4.69, 9.17) is 14.7 Å². The molecule has 1 amide bonds. The number of hydrogen-bond acceptors (Lipinski definition) is 8. The van der Waals surface area contributed by atoms with Crippen LogP contribution in [-0.4, -0.2) is 62.7 Å². The van der Waals surface area contributed by atoms with E-state index < -0.39 is 5.54 Å². The monoisotopic (exact) mass is 445 g/mol. The summed E-state index contributed by atoms with van der Waals surface area (Å²) < 4.78 is 17.6. The fourth-order valence-electron chi connectivity index (χ4n) is 3.04. The van der Waals surface area contributed by atoms with Crippen molar-refractivity contribution in [3.05, 3.63) is 24.3 Å². The zero-order valence-corrected chi connectivity index (χ0v) is 19.0. The third kappa shape index (κ3) is 6.98. The lowest BCUT2D eigenvalue weighted by atomic mass is 9.89. The molecule has 1 aromatic carbocycles. The third-order valence-corrected chi connectivity index (χ3v) is 5.85. The SMILES string of the molecule is COC(=O)CCCN(C)c1ccc(OSN(C)C2(C(N)=O)CCOCC2)cc1.S. The van der Waals surface area contributed by atoms with Crippen LogP contribution >= 0.6 is 25.7 Å². The summed E-state index contributed by atoms with van der Waals surface area (Å²) in [7, 11) is 5.18. The van der Waals surface area contributed by atoms with E-state index in [-0.39, 0.29) is 25.4 Å². The Morgan fingerprint density at radius 1 is 1.21 bits per heavy atom. The van der Waals surface area contributed by atoms with Gasteiger partial charge in [0.05, 0.1) is 7.11 Å². The van der Waals surface area contributed by atoms with Gasteiger partial charge in [0.15, 0.2) is 0 Å². The third-order valence-electron chi connectivity index (χ3n) is 5.01. The molecule has 0 radical (unpaired) electrons. The van der Waals surface area contributed by atoms with Gasteiger partial charge in [0, 0.05) is 46.0 Å². The minimum Gasteiger partial charge on any atom is -0.469 e. The zero-order chi connectivity index (χ0) is 20.6. The van der Waals surface area contributed by atoms with Crippen molar-refractivity contribution < 1.29 is 23.2 Å². The number of likely N-dealkylation sites (N-methyl/N-ethyl adjacent to an activating group) is 1. The number of hydrogen-bond donors (Lipinski definition) is 1. The molecule has 0 unspecified atom stereocenters. The van der Waals surface area contributed by atoms with Crippen molar-refractivity contribution in [1.29, 1.82) is 0 Å². The second kappa shape index (κ2) is 12.2. The molecule has 2 rings (SSSR count). The lowest BCUT2D eigenvalue weighted by Gasteiger charge is -2.39. The lowest BCUT2D eigenvalue weighted by molar-refractivity contribution is -0.140. The predicted octanol–water partition coefficient (Wildman–Crippen LogP) is 2.10. The quantitative estimate of drug-likeness (QED) is 0.332. The molecule has 1 aromatic rings. The van der Waals surface area contributed by atoms with Gasteiger partial charge in [-0.2, -0.15) is 13.5 Å². The summed E-state index contributed by atoms with van der Waals surface area (Å²) >= 11 is 1.11. The van der Waals surface area contributed by atoms with Crippen LogP contribution in [0.3, 0.4) is 0 Å². The summed E-state index contributed by atoms with van der Waals surface area (Å²) in [4.78, 5) is 25.3. The first kappa shape index (κ1) is 25.4. The van der Waals surface area contributed by atoms with Gasteiger partial charge in [0.2, 0.25) is 5.91 Å². The molecule has 1 aliphatic rings. The molecule has 8 nitrogen and oxygen atoms in total. The number of anilines is 1. The Morgan fingerprint density at radius 3 is 2.38 bits per heavy atom. The van der Waals surface area contributed by atoms with E-state index in [2.05, 4.69) is 9.64 Å². The number of benzene rings is 1. The first-order valence-corrected chi connectivity index (χ1v) is 9.93. The van der Waals surface area contributed by atoms with E-state index in [9.17, 15) is 9.59 Å². The second-order valence-corrected chi connectivity index (χ2v) is 7.62. The first-order valence-electron chi connectivity index (χ1n) is 9.23. The normalized spacial score (nSPS) is 15.3. The molecule has 0 aliphatic carbocycles. The van der Waals surface area contributed by atoms with Crippen LogP contribution in [0.2, 0.25) is 0 Å². The molecule has 0 bridgehead atoms. The molecule has 164 valence electrons. The van der Waals surface area contributed by atoms with Gasteiger partial charge in [-0.25, -0.2) is 4.31 Å². The summed E-state index contributed by atoms with van der Waals surface area (Å²) in [6, 6.07) is 7.64. The number of carbonyl (C=O) groups excluding carboxylic acids is 2. The van der Waals surface area contributed by atoms with E-state index in [0.717, 1.165) is 30.9 Å². The van der Waals surface area contributed by atoms with E-state index >= 15 is 0 Å². The lowest BCUT2D eigenvalue weighted by Crippen LogP contribution is -2.56. The van der Waals surface area contributed by atoms with Gasteiger partial charge in [0.1, 0.15) is 23.5 Å². The van der Waals surface area contributed by atoms with Gasteiger partial charge >= 0.3 is 5.97 Å².